The van der Waals surface area contributed by atoms with E-state index >= 15 is 0 Å². The molecule has 2 N–H and O–H groups in total. The second-order valence-corrected chi connectivity index (χ2v) is 11.3. The summed E-state index contributed by atoms with van der Waals surface area (Å²) in [5.74, 6) is -0.816. The third-order valence-corrected chi connectivity index (χ3v) is 8.20. The molecule has 11 heteroatoms. The molecule has 3 amide bonds. The van der Waals surface area contributed by atoms with Crippen molar-refractivity contribution in [2.45, 2.75) is 17.1 Å². The van der Waals surface area contributed by atoms with Gasteiger partial charge in [-0.15, -0.1) is 11.8 Å². The summed E-state index contributed by atoms with van der Waals surface area (Å²) in [6.45, 7) is 1.85. The molecule has 1 atom stereocenters. The van der Waals surface area contributed by atoms with Gasteiger partial charge in [-0.25, -0.2) is 0 Å². The Bertz CT molecular complexity index is 1630. The molecule has 0 spiro atoms. The summed E-state index contributed by atoms with van der Waals surface area (Å²) in [6.07, 6.45) is -4.45. The molecular formula is C34H30F3N3O4S. The molecule has 0 bridgehead atoms. The number of carbonyl (C=O) groups excluding carboxylic acids is 3. The van der Waals surface area contributed by atoms with Crippen LogP contribution in [-0.4, -0.2) is 54.7 Å². The van der Waals surface area contributed by atoms with Crippen molar-refractivity contribution in [2.75, 3.05) is 37.4 Å². The lowest BCUT2D eigenvalue weighted by molar-refractivity contribution is -0.139. The zero-order valence-corrected chi connectivity index (χ0v) is 24.9. The van der Waals surface area contributed by atoms with Gasteiger partial charge in [-0.2, -0.15) is 13.2 Å². The molecule has 0 aromatic heterocycles. The smallest absolute Gasteiger partial charge is 0.378 e. The topological polar surface area (TPSA) is 87.7 Å². The molecule has 0 saturated carbocycles. The van der Waals surface area contributed by atoms with E-state index in [1.54, 1.807) is 53.4 Å². The van der Waals surface area contributed by atoms with E-state index in [-0.39, 0.29) is 17.6 Å². The van der Waals surface area contributed by atoms with E-state index in [9.17, 15) is 27.6 Å². The molecule has 45 heavy (non-hydrogen) atoms. The molecule has 0 aliphatic carbocycles. The number of hydrogen-bond donors (Lipinski definition) is 2. The van der Waals surface area contributed by atoms with Gasteiger partial charge >= 0.3 is 6.18 Å². The molecule has 1 saturated heterocycles. The summed E-state index contributed by atoms with van der Waals surface area (Å²) in [6, 6.07) is 26.6. The first-order valence-corrected chi connectivity index (χ1v) is 15.2. The molecular weight excluding hydrogens is 603 g/mol. The van der Waals surface area contributed by atoms with Gasteiger partial charge in [0.2, 0.25) is 11.8 Å². The van der Waals surface area contributed by atoms with Gasteiger partial charge < -0.3 is 20.3 Å². The van der Waals surface area contributed by atoms with Crippen molar-refractivity contribution >= 4 is 35.2 Å². The fraction of sp³-hybridized carbons (Fsp3) is 0.206. The molecule has 5 rings (SSSR count). The first kappa shape index (κ1) is 31.8. The van der Waals surface area contributed by atoms with Crippen LogP contribution in [0.5, 0.6) is 0 Å². The second-order valence-electron chi connectivity index (χ2n) is 10.2. The number of thioether (sulfide) groups is 1. The number of alkyl halides is 3. The summed E-state index contributed by atoms with van der Waals surface area (Å²) < 4.78 is 44.3. The Labute approximate surface area is 262 Å². The van der Waals surface area contributed by atoms with Crippen molar-refractivity contribution < 1.29 is 32.3 Å². The van der Waals surface area contributed by atoms with E-state index in [2.05, 4.69) is 10.6 Å². The molecule has 7 nitrogen and oxygen atoms in total. The number of nitrogens with zero attached hydrogens (tertiary/aromatic N) is 1. The van der Waals surface area contributed by atoms with Crippen LogP contribution in [-0.2, 0) is 20.5 Å². The predicted octanol–water partition coefficient (Wildman–Crippen LogP) is 6.43. The zero-order chi connectivity index (χ0) is 31.8. The van der Waals surface area contributed by atoms with Crippen LogP contribution in [0.2, 0.25) is 0 Å². The minimum atomic E-state index is -4.45. The monoisotopic (exact) mass is 633 g/mol. The van der Waals surface area contributed by atoms with Crippen LogP contribution in [0.1, 0.15) is 27.5 Å². The highest BCUT2D eigenvalue weighted by Crippen LogP contribution is 2.32. The van der Waals surface area contributed by atoms with Crippen molar-refractivity contribution in [2.24, 2.45) is 0 Å². The first-order chi connectivity index (χ1) is 21.7. The number of benzene rings is 4. The maximum atomic E-state index is 13.3. The fourth-order valence-corrected chi connectivity index (χ4v) is 5.57. The summed E-state index contributed by atoms with van der Waals surface area (Å²) in [5, 5.41) is 5.71. The van der Waals surface area contributed by atoms with E-state index in [1.807, 2.05) is 30.3 Å². The maximum Gasteiger partial charge on any atom is 0.416 e. The van der Waals surface area contributed by atoms with E-state index in [1.165, 1.54) is 23.9 Å². The first-order valence-electron chi connectivity index (χ1n) is 14.2. The minimum absolute atomic E-state index is 0.0753. The van der Waals surface area contributed by atoms with Crippen LogP contribution in [0, 0.1) is 0 Å². The minimum Gasteiger partial charge on any atom is -0.378 e. The number of halogens is 3. The highest BCUT2D eigenvalue weighted by molar-refractivity contribution is 8.00. The predicted molar refractivity (Wildman–Crippen MR) is 167 cm³/mol. The van der Waals surface area contributed by atoms with Gasteiger partial charge in [-0.3, -0.25) is 14.4 Å². The number of rotatable bonds is 9. The number of ether oxygens (including phenoxy) is 1. The van der Waals surface area contributed by atoms with Gasteiger partial charge in [0.1, 0.15) is 6.04 Å². The van der Waals surface area contributed by atoms with Gasteiger partial charge in [-0.05, 0) is 59.2 Å². The number of nitrogens with one attached hydrogen (secondary N) is 2. The van der Waals surface area contributed by atoms with E-state index in [0.717, 1.165) is 17.0 Å². The zero-order valence-electron chi connectivity index (χ0n) is 24.1. The van der Waals surface area contributed by atoms with Gasteiger partial charge in [0, 0.05) is 29.2 Å². The van der Waals surface area contributed by atoms with Crippen molar-refractivity contribution in [3.63, 3.8) is 0 Å². The lowest BCUT2D eigenvalue weighted by Gasteiger charge is -2.31. The summed E-state index contributed by atoms with van der Waals surface area (Å²) in [5.41, 5.74) is 1.75. The molecule has 1 heterocycles. The Hall–Kier alpha value is -4.61. The Kier molecular flexibility index (Phi) is 10.2. The molecule has 1 aliphatic heterocycles. The summed E-state index contributed by atoms with van der Waals surface area (Å²) in [4.78, 5) is 41.8. The average molecular weight is 634 g/mol. The van der Waals surface area contributed by atoms with Crippen LogP contribution in [0.3, 0.4) is 0 Å². The molecule has 4 aromatic rings. The largest absolute Gasteiger partial charge is 0.416 e. The van der Waals surface area contributed by atoms with Gasteiger partial charge in [0.15, 0.2) is 0 Å². The van der Waals surface area contributed by atoms with Crippen LogP contribution >= 0.6 is 11.8 Å². The van der Waals surface area contributed by atoms with E-state index in [4.69, 9.17) is 4.74 Å². The van der Waals surface area contributed by atoms with Crippen LogP contribution < -0.4 is 10.6 Å². The third-order valence-electron chi connectivity index (χ3n) is 7.18. The van der Waals surface area contributed by atoms with E-state index in [0.29, 0.717) is 54.2 Å². The Balaban J connectivity index is 1.19. The quantitative estimate of drug-likeness (QED) is 0.208. The number of hydrogen-bond acceptors (Lipinski definition) is 5. The molecule has 232 valence electrons. The Morgan fingerprint density at radius 1 is 0.822 bits per heavy atom. The number of amides is 3. The summed E-state index contributed by atoms with van der Waals surface area (Å²) in [7, 11) is 0. The molecule has 0 unspecified atom stereocenters. The van der Waals surface area contributed by atoms with Crippen LogP contribution in [0.25, 0.3) is 11.1 Å². The number of anilines is 1. The Morgan fingerprint density at radius 2 is 1.47 bits per heavy atom. The van der Waals surface area contributed by atoms with Crippen LogP contribution in [0.15, 0.2) is 108 Å². The van der Waals surface area contributed by atoms with Crippen molar-refractivity contribution in [3.8, 4) is 11.1 Å². The summed E-state index contributed by atoms with van der Waals surface area (Å²) >= 11 is 1.29. The van der Waals surface area contributed by atoms with Crippen LogP contribution in [0.4, 0.5) is 18.9 Å². The van der Waals surface area contributed by atoms with Crippen molar-refractivity contribution in [1.82, 2.24) is 10.2 Å². The van der Waals surface area contributed by atoms with Crippen molar-refractivity contribution in [3.05, 3.63) is 120 Å². The van der Waals surface area contributed by atoms with Gasteiger partial charge in [0.25, 0.3) is 5.91 Å². The lowest BCUT2D eigenvalue weighted by atomic mass is 9.98. The molecule has 4 aromatic carbocycles. The standard InChI is InChI=1S/C34H30F3N3O4S/c35-34(36,37)25-12-10-23(11-13-25)28-8-4-5-9-29(28)32(42)38-26-14-16-27(17-15-26)45-22-30(41)39-31(24-6-2-1-3-7-24)33(43)40-18-20-44-21-19-40/h1-17,31H,18-22H2,(H,38,42)(H,39,41)/t31-/m0/s1. The normalized spacial score (nSPS) is 14.0. The second kappa shape index (κ2) is 14.4. The fourth-order valence-electron chi connectivity index (χ4n) is 4.86. The number of morpholine rings is 1. The molecule has 1 fully saturated rings. The maximum absolute atomic E-state index is 13.3. The lowest BCUT2D eigenvalue weighted by Crippen LogP contribution is -2.47. The van der Waals surface area contributed by atoms with Gasteiger partial charge in [0.05, 0.1) is 24.5 Å². The molecule has 1 aliphatic rings. The number of carbonyl (C=O) groups is 3. The highest BCUT2D eigenvalue weighted by Gasteiger charge is 2.30. The third kappa shape index (κ3) is 8.31. The SMILES string of the molecule is O=C(CSc1ccc(NC(=O)c2ccccc2-c2ccc(C(F)(F)F)cc2)cc1)N[C@H](C(=O)N1CCOCC1)c1ccccc1. The molecule has 0 radical (unpaired) electrons. The Morgan fingerprint density at radius 3 is 2.13 bits per heavy atom. The van der Waals surface area contributed by atoms with E-state index < -0.39 is 23.7 Å². The average Bonchev–Trinajstić information content (AvgIpc) is 3.07. The van der Waals surface area contributed by atoms with Crippen molar-refractivity contribution in [1.29, 1.82) is 0 Å². The highest BCUT2D eigenvalue weighted by atomic mass is 32.2. The van der Waals surface area contributed by atoms with Gasteiger partial charge in [-0.1, -0.05) is 60.7 Å².